The molecular weight excluding hydrogens is 368 g/mol. The predicted octanol–water partition coefficient (Wildman–Crippen LogP) is 2.87. The van der Waals surface area contributed by atoms with Gasteiger partial charge in [-0.1, -0.05) is 6.07 Å². The van der Waals surface area contributed by atoms with Gasteiger partial charge in [0.05, 0.1) is 18.4 Å². The Balaban J connectivity index is 1.67. The van der Waals surface area contributed by atoms with Crippen molar-refractivity contribution in [3.05, 3.63) is 53.1 Å². The Morgan fingerprint density at radius 1 is 1.21 bits per heavy atom. The highest BCUT2D eigenvalue weighted by atomic mass is 16.5. The molecule has 1 unspecified atom stereocenters. The molecule has 1 fully saturated rings. The minimum absolute atomic E-state index is 0.0311. The number of rotatable bonds is 4. The molecule has 1 atom stereocenters. The van der Waals surface area contributed by atoms with Crippen molar-refractivity contribution >= 4 is 11.8 Å². The zero-order valence-electron chi connectivity index (χ0n) is 17.5. The van der Waals surface area contributed by atoms with Crippen LogP contribution in [-0.2, 0) is 0 Å². The number of hydrogen-bond acceptors (Lipinski definition) is 5. The number of carbonyl (C=O) groups is 2. The van der Waals surface area contributed by atoms with Crippen molar-refractivity contribution in [2.24, 2.45) is 0 Å². The lowest BCUT2D eigenvalue weighted by Crippen LogP contribution is -2.38. The molecule has 1 saturated heterocycles. The normalized spacial score (nSPS) is 16.8. The van der Waals surface area contributed by atoms with Gasteiger partial charge in [-0.2, -0.15) is 0 Å². The second-order valence-electron chi connectivity index (χ2n) is 7.44. The van der Waals surface area contributed by atoms with Gasteiger partial charge >= 0.3 is 0 Å². The van der Waals surface area contributed by atoms with E-state index in [2.05, 4.69) is 9.97 Å². The van der Waals surface area contributed by atoms with E-state index in [0.717, 1.165) is 19.3 Å². The predicted molar refractivity (Wildman–Crippen MR) is 110 cm³/mol. The highest BCUT2D eigenvalue weighted by Crippen LogP contribution is 2.21. The maximum atomic E-state index is 12.9. The molecule has 0 saturated carbocycles. The van der Waals surface area contributed by atoms with Crippen LogP contribution in [-0.4, -0.2) is 64.9 Å². The van der Waals surface area contributed by atoms with Crippen molar-refractivity contribution in [2.75, 3.05) is 27.2 Å². The number of amides is 2. The van der Waals surface area contributed by atoms with E-state index in [1.54, 1.807) is 30.3 Å². The highest BCUT2D eigenvalue weighted by molar-refractivity contribution is 5.95. The Kier molecular flexibility index (Phi) is 6.46. The van der Waals surface area contributed by atoms with Crippen LogP contribution in [0.1, 0.15) is 51.5 Å². The van der Waals surface area contributed by atoms with E-state index < -0.39 is 0 Å². The van der Waals surface area contributed by atoms with Crippen molar-refractivity contribution in [1.29, 1.82) is 0 Å². The van der Waals surface area contributed by atoms with Crippen molar-refractivity contribution < 1.29 is 14.3 Å². The average Bonchev–Trinajstić information content (AvgIpc) is 2.98. The molecule has 2 amide bonds. The van der Waals surface area contributed by atoms with Gasteiger partial charge in [0, 0.05) is 37.9 Å². The van der Waals surface area contributed by atoms with Crippen LogP contribution in [0.3, 0.4) is 0 Å². The molecule has 0 aliphatic carbocycles. The summed E-state index contributed by atoms with van der Waals surface area (Å²) in [6, 6.07) is 7.28. The molecular formula is C22H28N4O3. The maximum absolute atomic E-state index is 12.9. The Labute approximate surface area is 171 Å². The lowest BCUT2D eigenvalue weighted by Gasteiger charge is -2.27. The van der Waals surface area contributed by atoms with Crippen LogP contribution in [0.2, 0.25) is 0 Å². The highest BCUT2D eigenvalue weighted by Gasteiger charge is 2.27. The summed E-state index contributed by atoms with van der Waals surface area (Å²) in [6.07, 6.45) is 4.06. The third kappa shape index (κ3) is 4.72. The van der Waals surface area contributed by atoms with Crippen LogP contribution >= 0.6 is 0 Å². The molecule has 7 nitrogen and oxygen atoms in total. The fourth-order valence-corrected chi connectivity index (χ4v) is 3.76. The SMILES string of the molecule is COc1cccc(C(=O)N(C)C2CCCN(C(=O)c3cnc(C)nc3C)CC2)c1. The van der Waals surface area contributed by atoms with Gasteiger partial charge in [-0.3, -0.25) is 9.59 Å². The summed E-state index contributed by atoms with van der Waals surface area (Å²) < 4.78 is 5.22. The minimum Gasteiger partial charge on any atom is -0.497 e. The first-order valence-electron chi connectivity index (χ1n) is 9.91. The summed E-state index contributed by atoms with van der Waals surface area (Å²) in [7, 11) is 3.42. The van der Waals surface area contributed by atoms with Crippen LogP contribution in [0.4, 0.5) is 0 Å². The molecule has 0 spiro atoms. The van der Waals surface area contributed by atoms with Gasteiger partial charge in [0.25, 0.3) is 11.8 Å². The molecule has 1 aromatic heterocycles. The van der Waals surface area contributed by atoms with E-state index in [9.17, 15) is 9.59 Å². The van der Waals surface area contributed by atoms with Crippen LogP contribution < -0.4 is 4.74 Å². The summed E-state index contributed by atoms with van der Waals surface area (Å²) in [4.78, 5) is 38.0. The summed E-state index contributed by atoms with van der Waals surface area (Å²) in [5.74, 6) is 1.26. The van der Waals surface area contributed by atoms with Gasteiger partial charge in [-0.15, -0.1) is 0 Å². The fourth-order valence-electron chi connectivity index (χ4n) is 3.76. The molecule has 3 rings (SSSR count). The molecule has 2 heterocycles. The monoisotopic (exact) mass is 396 g/mol. The Bertz CT molecular complexity index is 899. The fraction of sp³-hybridized carbons (Fsp3) is 0.455. The van der Waals surface area contributed by atoms with Crippen molar-refractivity contribution in [1.82, 2.24) is 19.8 Å². The molecule has 1 aromatic carbocycles. The van der Waals surface area contributed by atoms with E-state index in [0.29, 0.717) is 41.5 Å². The lowest BCUT2D eigenvalue weighted by molar-refractivity contribution is 0.0709. The summed E-state index contributed by atoms with van der Waals surface area (Å²) in [6.45, 7) is 4.92. The molecule has 0 bridgehead atoms. The second kappa shape index (κ2) is 9.03. The number of carbonyl (C=O) groups excluding carboxylic acids is 2. The number of benzene rings is 1. The van der Waals surface area contributed by atoms with Crippen molar-refractivity contribution in [3.63, 3.8) is 0 Å². The van der Waals surface area contributed by atoms with Crippen LogP contribution in [0.15, 0.2) is 30.5 Å². The number of aromatic nitrogens is 2. The first-order valence-corrected chi connectivity index (χ1v) is 9.91. The standard InChI is InChI=1S/C22H28N4O3/c1-15-20(14-23-16(2)24-15)22(28)26-11-6-8-18(10-12-26)25(3)21(27)17-7-5-9-19(13-17)29-4/h5,7,9,13-14,18H,6,8,10-12H2,1-4H3. The van der Waals surface area contributed by atoms with E-state index >= 15 is 0 Å². The Morgan fingerprint density at radius 2 is 2.00 bits per heavy atom. The smallest absolute Gasteiger partial charge is 0.257 e. The van der Waals surface area contributed by atoms with Gasteiger partial charge in [-0.25, -0.2) is 9.97 Å². The van der Waals surface area contributed by atoms with Gasteiger partial charge in [-0.05, 0) is 51.3 Å². The van der Waals surface area contributed by atoms with Crippen LogP contribution in [0, 0.1) is 13.8 Å². The molecule has 0 radical (unpaired) electrons. The van der Waals surface area contributed by atoms with E-state index in [1.165, 1.54) is 0 Å². The molecule has 1 aliphatic rings. The molecule has 29 heavy (non-hydrogen) atoms. The molecule has 0 N–H and O–H groups in total. The van der Waals surface area contributed by atoms with Gasteiger partial charge in [0.1, 0.15) is 11.6 Å². The van der Waals surface area contributed by atoms with Crippen LogP contribution in [0.5, 0.6) is 5.75 Å². The Hall–Kier alpha value is -2.96. The zero-order valence-corrected chi connectivity index (χ0v) is 17.5. The largest absolute Gasteiger partial charge is 0.497 e. The van der Waals surface area contributed by atoms with E-state index in [1.807, 2.05) is 37.9 Å². The summed E-state index contributed by atoms with van der Waals surface area (Å²) >= 11 is 0. The number of likely N-dealkylation sites (tertiary alicyclic amines) is 1. The number of aryl methyl sites for hydroxylation is 2. The number of methoxy groups -OCH3 is 1. The van der Waals surface area contributed by atoms with Crippen LogP contribution in [0.25, 0.3) is 0 Å². The van der Waals surface area contributed by atoms with Gasteiger partial charge in [0.15, 0.2) is 0 Å². The molecule has 7 heteroatoms. The topological polar surface area (TPSA) is 75.6 Å². The third-order valence-electron chi connectivity index (χ3n) is 5.50. The van der Waals surface area contributed by atoms with E-state index in [-0.39, 0.29) is 17.9 Å². The average molecular weight is 396 g/mol. The second-order valence-corrected chi connectivity index (χ2v) is 7.44. The molecule has 154 valence electrons. The Morgan fingerprint density at radius 3 is 2.72 bits per heavy atom. The van der Waals surface area contributed by atoms with Gasteiger partial charge < -0.3 is 14.5 Å². The number of nitrogens with zero attached hydrogens (tertiary/aromatic N) is 4. The molecule has 1 aliphatic heterocycles. The molecule has 2 aromatic rings. The minimum atomic E-state index is -0.0371. The van der Waals surface area contributed by atoms with Crippen molar-refractivity contribution in [3.8, 4) is 5.75 Å². The number of hydrogen-bond donors (Lipinski definition) is 0. The van der Waals surface area contributed by atoms with Gasteiger partial charge in [0.2, 0.25) is 0 Å². The third-order valence-corrected chi connectivity index (χ3v) is 5.50. The first kappa shape index (κ1) is 20.8. The lowest BCUT2D eigenvalue weighted by atomic mass is 10.1. The first-order chi connectivity index (χ1) is 13.9. The van der Waals surface area contributed by atoms with E-state index in [4.69, 9.17) is 4.74 Å². The summed E-state index contributed by atoms with van der Waals surface area (Å²) in [5, 5.41) is 0. The van der Waals surface area contributed by atoms with Crippen molar-refractivity contribution in [2.45, 2.75) is 39.2 Å². The quantitative estimate of drug-likeness (QED) is 0.794. The maximum Gasteiger partial charge on any atom is 0.257 e. The summed E-state index contributed by atoms with van der Waals surface area (Å²) in [5.41, 5.74) is 1.86. The number of ether oxygens (including phenoxy) is 1. The zero-order chi connectivity index (χ0) is 21.0.